The Morgan fingerprint density at radius 3 is 2.56 bits per heavy atom. The monoisotopic (exact) mass is 286 g/mol. The Morgan fingerprint density at radius 1 is 1.38 bits per heavy atom. The first-order valence-electron chi connectivity index (χ1n) is 4.55. The van der Waals surface area contributed by atoms with Crippen LogP contribution in [0, 0.1) is 0 Å². The molecule has 1 atom stereocenters. The summed E-state index contributed by atoms with van der Waals surface area (Å²) in [7, 11) is 1.25. The fraction of sp³-hybridized carbons (Fsp3) is 0.273. The largest absolute Gasteiger partial charge is 0.466 e. The highest BCUT2D eigenvalue weighted by Gasteiger charge is 2.24. The molecule has 16 heavy (non-hydrogen) atoms. The normalized spacial score (nSPS) is 11.7. The van der Waals surface area contributed by atoms with Gasteiger partial charge in [0.25, 0.3) is 0 Å². The Bertz CT molecular complexity index is 403. The van der Waals surface area contributed by atoms with Crippen LogP contribution in [0.3, 0.4) is 0 Å². The van der Waals surface area contributed by atoms with E-state index in [2.05, 4.69) is 20.7 Å². The highest BCUT2D eigenvalue weighted by atomic mass is 79.9. The maximum Gasteiger partial charge on any atom is 0.351 e. The highest BCUT2D eigenvalue weighted by Crippen LogP contribution is 2.22. The van der Waals surface area contributed by atoms with Gasteiger partial charge < -0.3 is 9.47 Å². The van der Waals surface area contributed by atoms with Crippen LogP contribution in [0.2, 0.25) is 0 Å². The molecule has 0 aromatic heterocycles. The molecule has 4 nitrogen and oxygen atoms in total. The van der Waals surface area contributed by atoms with Crippen molar-refractivity contribution in [1.82, 2.24) is 0 Å². The predicted molar refractivity (Wildman–Crippen MR) is 60.7 cm³/mol. The first kappa shape index (κ1) is 12.7. The van der Waals surface area contributed by atoms with E-state index >= 15 is 0 Å². The molecular formula is C11H11BrO4. The second kappa shape index (κ2) is 5.65. The number of halogens is 1. The minimum atomic E-state index is -1.01. The molecule has 0 heterocycles. The molecular weight excluding hydrogens is 276 g/mol. The van der Waals surface area contributed by atoms with Crippen LogP contribution in [0.25, 0.3) is 0 Å². The molecule has 1 aromatic rings. The minimum absolute atomic E-state index is 0.532. The number of rotatable bonds is 3. The molecule has 86 valence electrons. The molecule has 0 aliphatic heterocycles. The number of carbonyl (C=O) groups is 2. The van der Waals surface area contributed by atoms with E-state index in [0.29, 0.717) is 5.56 Å². The third-order valence-corrected chi connectivity index (χ3v) is 2.34. The lowest BCUT2D eigenvalue weighted by Gasteiger charge is -2.14. The second-order valence-electron chi connectivity index (χ2n) is 3.07. The molecule has 0 amide bonds. The number of hydrogen-bond donors (Lipinski definition) is 0. The van der Waals surface area contributed by atoms with E-state index in [1.165, 1.54) is 14.0 Å². The summed E-state index contributed by atoms with van der Waals surface area (Å²) in [5.41, 5.74) is 0.566. The number of esters is 2. The van der Waals surface area contributed by atoms with Crippen LogP contribution in [0.15, 0.2) is 28.7 Å². The fourth-order valence-electron chi connectivity index (χ4n) is 1.19. The van der Waals surface area contributed by atoms with Crippen molar-refractivity contribution in [2.24, 2.45) is 0 Å². The van der Waals surface area contributed by atoms with Gasteiger partial charge in [-0.05, 0) is 12.1 Å². The van der Waals surface area contributed by atoms with E-state index in [1.54, 1.807) is 18.2 Å². The molecule has 0 fully saturated rings. The molecule has 5 heteroatoms. The third-order valence-electron chi connectivity index (χ3n) is 1.85. The molecule has 0 saturated heterocycles. The molecule has 0 bridgehead atoms. The molecule has 1 rings (SSSR count). The van der Waals surface area contributed by atoms with Crippen molar-refractivity contribution in [3.63, 3.8) is 0 Å². The summed E-state index contributed by atoms with van der Waals surface area (Å²) in [4.78, 5) is 22.3. The Kier molecular flexibility index (Phi) is 4.49. The van der Waals surface area contributed by atoms with Crippen LogP contribution in [0.4, 0.5) is 0 Å². The molecule has 0 N–H and O–H groups in total. The molecule has 1 aromatic carbocycles. The van der Waals surface area contributed by atoms with Crippen molar-refractivity contribution < 1.29 is 19.1 Å². The first-order valence-corrected chi connectivity index (χ1v) is 5.34. The molecule has 0 aliphatic rings. The van der Waals surface area contributed by atoms with E-state index in [0.717, 1.165) is 4.47 Å². The standard InChI is InChI=1S/C11H11BrO4/c1-7(13)16-10(11(14)15-2)8-4-3-5-9(12)6-8/h3-6,10H,1-2H3/t10-/m0/s1. The summed E-state index contributed by atoms with van der Waals surface area (Å²) in [5, 5.41) is 0. The number of benzene rings is 1. The molecule has 0 unspecified atom stereocenters. The number of ether oxygens (including phenoxy) is 2. The van der Waals surface area contributed by atoms with Crippen molar-refractivity contribution in [2.75, 3.05) is 7.11 Å². The average Bonchev–Trinajstić information content (AvgIpc) is 2.24. The van der Waals surface area contributed by atoms with Crippen molar-refractivity contribution >= 4 is 27.9 Å². The summed E-state index contributed by atoms with van der Waals surface area (Å²) >= 11 is 3.28. The van der Waals surface area contributed by atoms with E-state index < -0.39 is 18.0 Å². The Hall–Kier alpha value is -1.36. The van der Waals surface area contributed by atoms with E-state index in [4.69, 9.17) is 4.74 Å². The van der Waals surface area contributed by atoms with Gasteiger partial charge in [0.1, 0.15) is 0 Å². The molecule has 0 spiro atoms. The van der Waals surface area contributed by atoms with Gasteiger partial charge in [0.2, 0.25) is 6.10 Å². The van der Waals surface area contributed by atoms with Gasteiger partial charge in [0.15, 0.2) is 0 Å². The maximum atomic E-state index is 11.4. The molecule has 0 aliphatic carbocycles. The van der Waals surface area contributed by atoms with Crippen LogP contribution in [-0.2, 0) is 19.1 Å². The van der Waals surface area contributed by atoms with Gasteiger partial charge in [-0.2, -0.15) is 0 Å². The number of hydrogen-bond acceptors (Lipinski definition) is 4. The lowest BCUT2D eigenvalue weighted by atomic mass is 10.1. The average molecular weight is 287 g/mol. The zero-order valence-electron chi connectivity index (χ0n) is 8.90. The van der Waals surface area contributed by atoms with Gasteiger partial charge in [-0.15, -0.1) is 0 Å². The molecule has 0 radical (unpaired) electrons. The number of methoxy groups -OCH3 is 1. The van der Waals surface area contributed by atoms with Crippen LogP contribution in [0.1, 0.15) is 18.6 Å². The van der Waals surface area contributed by atoms with Gasteiger partial charge >= 0.3 is 11.9 Å². The summed E-state index contributed by atoms with van der Waals surface area (Å²) in [6.45, 7) is 1.24. The Morgan fingerprint density at radius 2 is 2.06 bits per heavy atom. The van der Waals surface area contributed by atoms with Crippen molar-refractivity contribution in [3.05, 3.63) is 34.3 Å². The number of carbonyl (C=O) groups excluding carboxylic acids is 2. The van der Waals surface area contributed by atoms with E-state index in [9.17, 15) is 9.59 Å². The highest BCUT2D eigenvalue weighted by molar-refractivity contribution is 9.10. The molecule has 0 saturated carbocycles. The fourth-order valence-corrected chi connectivity index (χ4v) is 1.61. The SMILES string of the molecule is COC(=O)[C@@H](OC(C)=O)c1cccc(Br)c1. The van der Waals surface area contributed by atoms with Crippen LogP contribution in [0.5, 0.6) is 0 Å². The predicted octanol–water partition coefficient (Wildman–Crippen LogP) is 2.23. The zero-order valence-corrected chi connectivity index (χ0v) is 10.5. The van der Waals surface area contributed by atoms with Crippen molar-refractivity contribution in [2.45, 2.75) is 13.0 Å². The van der Waals surface area contributed by atoms with Gasteiger partial charge in [0, 0.05) is 17.0 Å². The van der Waals surface area contributed by atoms with Crippen LogP contribution < -0.4 is 0 Å². The van der Waals surface area contributed by atoms with Gasteiger partial charge in [-0.1, -0.05) is 28.1 Å². The lowest BCUT2D eigenvalue weighted by molar-refractivity contribution is -0.165. The van der Waals surface area contributed by atoms with E-state index in [1.807, 2.05) is 6.07 Å². The maximum absolute atomic E-state index is 11.4. The summed E-state index contributed by atoms with van der Waals surface area (Å²) in [6.07, 6.45) is -1.01. The van der Waals surface area contributed by atoms with Crippen LogP contribution >= 0.6 is 15.9 Å². The summed E-state index contributed by atoms with van der Waals surface area (Å²) in [5.74, 6) is -1.14. The van der Waals surface area contributed by atoms with Crippen molar-refractivity contribution in [1.29, 1.82) is 0 Å². The smallest absolute Gasteiger partial charge is 0.351 e. The minimum Gasteiger partial charge on any atom is -0.466 e. The quantitative estimate of drug-likeness (QED) is 0.800. The topological polar surface area (TPSA) is 52.6 Å². The summed E-state index contributed by atoms with van der Waals surface area (Å²) < 4.78 is 10.3. The van der Waals surface area contributed by atoms with Crippen molar-refractivity contribution in [3.8, 4) is 0 Å². The second-order valence-corrected chi connectivity index (χ2v) is 3.98. The third kappa shape index (κ3) is 3.34. The first-order chi connectivity index (χ1) is 7.54. The lowest BCUT2D eigenvalue weighted by Crippen LogP contribution is -2.19. The van der Waals surface area contributed by atoms with Gasteiger partial charge in [0.05, 0.1) is 7.11 Å². The summed E-state index contributed by atoms with van der Waals surface area (Å²) in [6, 6.07) is 6.95. The zero-order chi connectivity index (χ0) is 12.1. The van der Waals surface area contributed by atoms with Crippen LogP contribution in [-0.4, -0.2) is 19.0 Å². The van der Waals surface area contributed by atoms with Gasteiger partial charge in [-0.25, -0.2) is 4.79 Å². The Balaban J connectivity index is 3.00. The van der Waals surface area contributed by atoms with Gasteiger partial charge in [-0.3, -0.25) is 4.79 Å². The Labute approximate surface area is 102 Å². The van der Waals surface area contributed by atoms with E-state index in [-0.39, 0.29) is 0 Å².